The Hall–Kier alpha value is -1.26. The summed E-state index contributed by atoms with van der Waals surface area (Å²) in [5, 5.41) is 7.85. The van der Waals surface area contributed by atoms with Crippen molar-refractivity contribution in [2.45, 2.75) is 19.5 Å². The summed E-state index contributed by atoms with van der Waals surface area (Å²) in [4.78, 5) is 0. The van der Waals surface area contributed by atoms with E-state index in [1.54, 1.807) is 12.3 Å². The van der Waals surface area contributed by atoms with E-state index in [9.17, 15) is 0 Å². The summed E-state index contributed by atoms with van der Waals surface area (Å²) in [6.45, 7) is 2.57. The summed E-state index contributed by atoms with van der Waals surface area (Å²) in [5.74, 6) is 0.865. The Balaban J connectivity index is 1.59. The number of rotatable bonds is 6. The fourth-order valence-electron chi connectivity index (χ4n) is 1.46. The highest BCUT2D eigenvalue weighted by molar-refractivity contribution is 6.28. The lowest BCUT2D eigenvalue weighted by molar-refractivity contribution is 0.473. The molecule has 86 valence electrons. The molecule has 0 spiro atoms. The first-order valence-electron chi connectivity index (χ1n) is 5.27. The van der Waals surface area contributed by atoms with Crippen molar-refractivity contribution in [3.05, 3.63) is 41.6 Å². The molecule has 16 heavy (non-hydrogen) atoms. The van der Waals surface area contributed by atoms with Gasteiger partial charge in [0.05, 0.1) is 6.54 Å². The molecule has 0 fully saturated rings. The number of aryl methyl sites for hydroxylation is 1. The molecular weight excluding hydrogens is 226 g/mol. The number of furan rings is 1. The van der Waals surface area contributed by atoms with Crippen LogP contribution in [-0.4, -0.2) is 16.3 Å². The van der Waals surface area contributed by atoms with Gasteiger partial charge in [-0.3, -0.25) is 4.68 Å². The molecule has 0 saturated heterocycles. The van der Waals surface area contributed by atoms with Crippen LogP contribution in [0.15, 0.2) is 35.0 Å². The van der Waals surface area contributed by atoms with E-state index in [1.165, 1.54) is 0 Å². The lowest BCUT2D eigenvalue weighted by Crippen LogP contribution is -2.16. The second-order valence-corrected chi connectivity index (χ2v) is 3.88. The van der Waals surface area contributed by atoms with Crippen molar-refractivity contribution < 1.29 is 4.42 Å². The zero-order valence-corrected chi connectivity index (χ0v) is 9.65. The highest BCUT2D eigenvalue weighted by Crippen LogP contribution is 2.12. The van der Waals surface area contributed by atoms with E-state index in [2.05, 4.69) is 10.4 Å². The number of aromatic nitrogens is 2. The second kappa shape index (κ2) is 5.72. The van der Waals surface area contributed by atoms with Gasteiger partial charge in [0, 0.05) is 18.9 Å². The molecule has 2 heterocycles. The molecule has 2 aromatic rings. The smallest absolute Gasteiger partial charge is 0.193 e. The van der Waals surface area contributed by atoms with Gasteiger partial charge in [0.25, 0.3) is 0 Å². The van der Waals surface area contributed by atoms with Crippen LogP contribution in [0.4, 0.5) is 0 Å². The summed E-state index contributed by atoms with van der Waals surface area (Å²) in [6, 6.07) is 5.56. The van der Waals surface area contributed by atoms with Crippen molar-refractivity contribution >= 4 is 11.6 Å². The molecule has 0 aliphatic heterocycles. The van der Waals surface area contributed by atoms with Crippen LogP contribution >= 0.6 is 11.6 Å². The second-order valence-electron chi connectivity index (χ2n) is 3.51. The van der Waals surface area contributed by atoms with Gasteiger partial charge in [-0.05, 0) is 42.8 Å². The Kier molecular flexibility index (Phi) is 4.02. The maximum absolute atomic E-state index is 5.66. The van der Waals surface area contributed by atoms with E-state index in [4.69, 9.17) is 16.0 Å². The van der Waals surface area contributed by atoms with E-state index in [-0.39, 0.29) is 0 Å². The molecule has 0 radical (unpaired) electrons. The molecule has 0 saturated carbocycles. The van der Waals surface area contributed by atoms with Gasteiger partial charge >= 0.3 is 0 Å². The molecule has 5 heteroatoms. The van der Waals surface area contributed by atoms with Gasteiger partial charge in [-0.2, -0.15) is 5.10 Å². The fraction of sp³-hybridized carbons (Fsp3) is 0.364. The molecule has 0 aromatic carbocycles. The van der Waals surface area contributed by atoms with Crippen LogP contribution in [0, 0.1) is 0 Å². The fourth-order valence-corrected chi connectivity index (χ4v) is 1.62. The van der Waals surface area contributed by atoms with Crippen LogP contribution in [0.3, 0.4) is 0 Å². The third-order valence-corrected chi connectivity index (χ3v) is 2.43. The summed E-state index contributed by atoms with van der Waals surface area (Å²) in [6.07, 6.45) is 4.79. The molecule has 2 aromatic heterocycles. The Labute approximate surface area is 99.2 Å². The Morgan fingerprint density at radius 2 is 2.38 bits per heavy atom. The molecule has 0 unspecified atom stereocenters. The molecule has 0 aliphatic rings. The Morgan fingerprint density at radius 1 is 1.44 bits per heavy atom. The van der Waals surface area contributed by atoms with E-state index in [0.29, 0.717) is 11.8 Å². The Morgan fingerprint density at radius 3 is 3.06 bits per heavy atom. The van der Waals surface area contributed by atoms with Gasteiger partial charge < -0.3 is 9.73 Å². The number of hydrogen-bond donors (Lipinski definition) is 1. The first-order valence-corrected chi connectivity index (χ1v) is 5.65. The van der Waals surface area contributed by atoms with Crippen molar-refractivity contribution in [3.63, 3.8) is 0 Å². The summed E-state index contributed by atoms with van der Waals surface area (Å²) >= 11 is 5.66. The summed E-state index contributed by atoms with van der Waals surface area (Å²) in [7, 11) is 0. The standard InChI is InChI=1S/C11H14ClN3O/c12-11-4-3-10(16-11)9-13-5-1-7-15-8-2-6-14-15/h2-4,6,8,13H,1,5,7,9H2. The molecule has 0 aliphatic carbocycles. The van der Waals surface area contributed by atoms with Crippen LogP contribution in [-0.2, 0) is 13.1 Å². The largest absolute Gasteiger partial charge is 0.448 e. The number of nitrogens with zero attached hydrogens (tertiary/aromatic N) is 2. The first-order chi connectivity index (χ1) is 7.84. The monoisotopic (exact) mass is 239 g/mol. The third-order valence-electron chi connectivity index (χ3n) is 2.23. The van der Waals surface area contributed by atoms with E-state index in [0.717, 1.165) is 25.3 Å². The van der Waals surface area contributed by atoms with Crippen LogP contribution in [0.5, 0.6) is 0 Å². The van der Waals surface area contributed by atoms with E-state index >= 15 is 0 Å². The van der Waals surface area contributed by atoms with Crippen molar-refractivity contribution in [2.24, 2.45) is 0 Å². The number of nitrogens with one attached hydrogen (secondary N) is 1. The molecule has 4 nitrogen and oxygen atoms in total. The Bertz CT molecular complexity index is 411. The van der Waals surface area contributed by atoms with E-state index < -0.39 is 0 Å². The minimum Gasteiger partial charge on any atom is -0.448 e. The number of halogens is 1. The van der Waals surface area contributed by atoms with Gasteiger partial charge in [-0.15, -0.1) is 0 Å². The lowest BCUT2D eigenvalue weighted by atomic mass is 10.4. The lowest BCUT2D eigenvalue weighted by Gasteiger charge is -2.03. The number of hydrogen-bond acceptors (Lipinski definition) is 3. The van der Waals surface area contributed by atoms with E-state index in [1.807, 2.05) is 23.0 Å². The van der Waals surface area contributed by atoms with Crippen LogP contribution < -0.4 is 5.32 Å². The highest BCUT2D eigenvalue weighted by Gasteiger charge is 1.98. The summed E-state index contributed by atoms with van der Waals surface area (Å²) in [5.41, 5.74) is 0. The van der Waals surface area contributed by atoms with Crippen molar-refractivity contribution in [3.8, 4) is 0 Å². The average molecular weight is 240 g/mol. The molecule has 1 N–H and O–H groups in total. The first kappa shape index (κ1) is 11.2. The average Bonchev–Trinajstić information content (AvgIpc) is 2.89. The zero-order valence-electron chi connectivity index (χ0n) is 8.90. The van der Waals surface area contributed by atoms with Crippen molar-refractivity contribution in [1.82, 2.24) is 15.1 Å². The van der Waals surface area contributed by atoms with Gasteiger partial charge in [0.15, 0.2) is 5.22 Å². The normalized spacial score (nSPS) is 10.8. The third kappa shape index (κ3) is 3.40. The molecule has 0 amide bonds. The van der Waals surface area contributed by atoms with Gasteiger partial charge in [0.1, 0.15) is 5.76 Å². The maximum atomic E-state index is 5.66. The zero-order chi connectivity index (χ0) is 11.2. The molecular formula is C11H14ClN3O. The minimum atomic E-state index is 0.438. The summed E-state index contributed by atoms with van der Waals surface area (Å²) < 4.78 is 7.14. The molecule has 0 bridgehead atoms. The van der Waals surface area contributed by atoms with Crippen LogP contribution in [0.25, 0.3) is 0 Å². The van der Waals surface area contributed by atoms with Crippen LogP contribution in [0.1, 0.15) is 12.2 Å². The predicted octanol–water partition coefficient (Wildman–Crippen LogP) is 2.31. The molecule has 2 rings (SSSR count). The van der Waals surface area contributed by atoms with Crippen LogP contribution in [0.2, 0.25) is 5.22 Å². The predicted molar refractivity (Wildman–Crippen MR) is 62.3 cm³/mol. The molecule has 0 atom stereocenters. The highest BCUT2D eigenvalue weighted by atomic mass is 35.5. The quantitative estimate of drug-likeness (QED) is 0.787. The van der Waals surface area contributed by atoms with Crippen molar-refractivity contribution in [1.29, 1.82) is 0 Å². The van der Waals surface area contributed by atoms with Gasteiger partial charge in [-0.1, -0.05) is 0 Å². The van der Waals surface area contributed by atoms with Gasteiger partial charge in [-0.25, -0.2) is 0 Å². The van der Waals surface area contributed by atoms with Gasteiger partial charge in [0.2, 0.25) is 0 Å². The topological polar surface area (TPSA) is 43.0 Å². The SMILES string of the molecule is Clc1ccc(CNCCCn2cccn2)o1. The van der Waals surface area contributed by atoms with Crippen molar-refractivity contribution in [2.75, 3.05) is 6.54 Å². The maximum Gasteiger partial charge on any atom is 0.193 e. The minimum absolute atomic E-state index is 0.438.